The number of carboxylic acid groups (broad SMARTS) is 1. The number of aromatic amines is 1. The number of methoxy groups -OCH3 is 1. The van der Waals surface area contributed by atoms with Crippen LogP contribution in [0.3, 0.4) is 0 Å². The van der Waals surface area contributed by atoms with Gasteiger partial charge >= 0.3 is 0 Å². The third kappa shape index (κ3) is 3.90. The average molecular weight is 374 g/mol. The summed E-state index contributed by atoms with van der Waals surface area (Å²) in [4.78, 5) is 23.6. The first-order chi connectivity index (χ1) is 13.1. The largest absolute Gasteiger partial charge is 0.494 e. The zero-order valence-corrected chi connectivity index (χ0v) is 15.6. The van der Waals surface area contributed by atoms with E-state index in [9.17, 15) is 4.79 Å². The van der Waals surface area contributed by atoms with Gasteiger partial charge in [-0.05, 0) is 38.8 Å². The summed E-state index contributed by atoms with van der Waals surface area (Å²) >= 11 is 0. The third-order valence-corrected chi connectivity index (χ3v) is 5.67. The summed E-state index contributed by atoms with van der Waals surface area (Å²) in [6.07, 6.45) is 5.85. The molecule has 2 atom stereocenters. The highest BCUT2D eigenvalue weighted by molar-refractivity contribution is 6.06. The molecule has 0 radical (unpaired) electrons. The van der Waals surface area contributed by atoms with Crippen LogP contribution in [0.15, 0.2) is 18.2 Å². The lowest BCUT2D eigenvalue weighted by molar-refractivity contribution is -0.122. The molecule has 2 bridgehead atoms. The lowest BCUT2D eigenvalue weighted by atomic mass is 9.82. The van der Waals surface area contributed by atoms with Gasteiger partial charge in [0.15, 0.2) is 5.69 Å². The minimum atomic E-state index is -0.250. The van der Waals surface area contributed by atoms with Crippen LogP contribution in [-0.2, 0) is 4.79 Å². The van der Waals surface area contributed by atoms with Crippen LogP contribution in [0.4, 0.5) is 0 Å². The Morgan fingerprint density at radius 3 is 2.67 bits per heavy atom. The number of rotatable bonds is 3. The molecule has 1 aromatic carbocycles. The molecule has 3 N–H and O–H groups in total. The normalized spacial score (nSPS) is 24.6. The molecule has 8 nitrogen and oxygen atoms in total. The van der Waals surface area contributed by atoms with Crippen molar-refractivity contribution in [2.75, 3.05) is 14.2 Å². The van der Waals surface area contributed by atoms with Crippen LogP contribution in [0, 0.1) is 0 Å². The number of H-pyrrole nitrogens is 1. The molecular formula is C19H26N4O4. The summed E-state index contributed by atoms with van der Waals surface area (Å²) in [7, 11) is 3.84. The van der Waals surface area contributed by atoms with E-state index in [1.165, 1.54) is 19.3 Å². The van der Waals surface area contributed by atoms with Gasteiger partial charge in [-0.1, -0.05) is 18.6 Å². The van der Waals surface area contributed by atoms with Crippen LogP contribution in [0.25, 0.3) is 10.9 Å². The van der Waals surface area contributed by atoms with Crippen molar-refractivity contribution in [3.05, 3.63) is 23.9 Å². The lowest BCUT2D eigenvalue weighted by Gasteiger charge is -2.47. The SMILES string of the molecule is COc1cccc2c(C(=O)NC3CC4CCCC(C3)N4C)n[nH]c12.O=CO. The lowest BCUT2D eigenvalue weighted by Crippen LogP contribution is -2.55. The number of amides is 1. The fraction of sp³-hybridized carbons (Fsp3) is 0.526. The van der Waals surface area contributed by atoms with E-state index in [1.807, 2.05) is 18.2 Å². The molecule has 8 heteroatoms. The number of ether oxygens (including phenoxy) is 1. The summed E-state index contributed by atoms with van der Waals surface area (Å²) in [6, 6.07) is 7.08. The highest BCUT2D eigenvalue weighted by atomic mass is 16.5. The van der Waals surface area contributed by atoms with Gasteiger partial charge in [0.1, 0.15) is 11.3 Å². The number of hydrogen-bond acceptors (Lipinski definition) is 5. The van der Waals surface area contributed by atoms with Crippen molar-refractivity contribution in [1.29, 1.82) is 0 Å². The van der Waals surface area contributed by atoms with Crippen molar-refractivity contribution in [2.24, 2.45) is 0 Å². The molecule has 3 heterocycles. The molecule has 1 amide bonds. The van der Waals surface area contributed by atoms with Crippen LogP contribution in [0.2, 0.25) is 0 Å². The summed E-state index contributed by atoms with van der Waals surface area (Å²) in [5.74, 6) is 0.606. The van der Waals surface area contributed by atoms with Crippen LogP contribution in [0.5, 0.6) is 5.75 Å². The summed E-state index contributed by atoms with van der Waals surface area (Å²) in [5.41, 5.74) is 1.22. The van der Waals surface area contributed by atoms with Crippen molar-refractivity contribution in [1.82, 2.24) is 20.4 Å². The molecule has 2 aliphatic rings. The fourth-order valence-corrected chi connectivity index (χ4v) is 4.35. The number of benzene rings is 1. The van der Waals surface area contributed by atoms with Crippen molar-refractivity contribution in [2.45, 2.75) is 50.2 Å². The Labute approximate surface area is 157 Å². The zero-order valence-electron chi connectivity index (χ0n) is 15.6. The summed E-state index contributed by atoms with van der Waals surface area (Å²) in [5, 5.41) is 18.1. The predicted molar refractivity (Wildman–Crippen MR) is 101 cm³/mol. The fourth-order valence-electron chi connectivity index (χ4n) is 4.35. The quantitative estimate of drug-likeness (QED) is 0.710. The number of fused-ring (bicyclic) bond motifs is 3. The Bertz CT molecular complexity index is 792. The topological polar surface area (TPSA) is 108 Å². The van der Waals surface area contributed by atoms with Gasteiger partial charge in [0.2, 0.25) is 0 Å². The molecule has 4 rings (SSSR count). The average Bonchev–Trinajstić information content (AvgIpc) is 3.07. The van der Waals surface area contributed by atoms with E-state index in [0.29, 0.717) is 23.5 Å². The number of aromatic nitrogens is 2. The van der Waals surface area contributed by atoms with E-state index in [1.54, 1.807) is 7.11 Å². The molecule has 0 spiro atoms. The second-order valence-corrected chi connectivity index (χ2v) is 7.11. The van der Waals surface area contributed by atoms with E-state index in [0.717, 1.165) is 23.7 Å². The molecule has 0 aliphatic carbocycles. The number of hydrogen-bond donors (Lipinski definition) is 3. The Morgan fingerprint density at radius 1 is 1.37 bits per heavy atom. The smallest absolute Gasteiger partial charge is 0.290 e. The van der Waals surface area contributed by atoms with E-state index >= 15 is 0 Å². The maximum Gasteiger partial charge on any atom is 0.290 e. The van der Waals surface area contributed by atoms with Crippen molar-refractivity contribution >= 4 is 23.3 Å². The maximum absolute atomic E-state index is 12.7. The summed E-state index contributed by atoms with van der Waals surface area (Å²) in [6.45, 7) is -0.250. The first-order valence-electron chi connectivity index (χ1n) is 9.20. The number of carbonyl (C=O) groups excluding carboxylic acids is 1. The van der Waals surface area contributed by atoms with Gasteiger partial charge in [0, 0.05) is 23.5 Å². The second kappa shape index (κ2) is 8.39. The Morgan fingerprint density at radius 2 is 2.04 bits per heavy atom. The number of carbonyl (C=O) groups is 2. The molecule has 2 aliphatic heterocycles. The highest BCUT2D eigenvalue weighted by Gasteiger charge is 2.36. The molecule has 1 aromatic heterocycles. The van der Waals surface area contributed by atoms with Crippen LogP contribution < -0.4 is 10.1 Å². The van der Waals surface area contributed by atoms with Crippen molar-refractivity contribution in [3.8, 4) is 5.75 Å². The molecule has 2 unspecified atom stereocenters. The van der Waals surface area contributed by atoms with E-state index < -0.39 is 0 Å². The molecule has 146 valence electrons. The van der Waals surface area contributed by atoms with Crippen LogP contribution in [-0.4, -0.2) is 64.9 Å². The minimum absolute atomic E-state index is 0.0953. The molecule has 0 saturated carbocycles. The van der Waals surface area contributed by atoms with Crippen LogP contribution in [0.1, 0.15) is 42.6 Å². The summed E-state index contributed by atoms with van der Waals surface area (Å²) < 4.78 is 5.32. The van der Waals surface area contributed by atoms with Gasteiger partial charge < -0.3 is 20.1 Å². The number of para-hydroxylation sites is 1. The molecule has 27 heavy (non-hydrogen) atoms. The van der Waals surface area contributed by atoms with Gasteiger partial charge in [-0.25, -0.2) is 0 Å². The molecular weight excluding hydrogens is 348 g/mol. The van der Waals surface area contributed by atoms with Gasteiger partial charge in [-0.3, -0.25) is 14.7 Å². The van der Waals surface area contributed by atoms with Crippen molar-refractivity contribution < 1.29 is 19.4 Å². The molecule has 2 aromatic rings. The maximum atomic E-state index is 12.7. The Balaban J connectivity index is 0.000000659. The predicted octanol–water partition coefficient (Wildman–Crippen LogP) is 2.02. The Kier molecular flexibility index (Phi) is 5.95. The Hall–Kier alpha value is -2.61. The zero-order chi connectivity index (χ0) is 19.4. The number of nitrogens with zero attached hydrogens (tertiary/aromatic N) is 2. The highest BCUT2D eigenvalue weighted by Crippen LogP contribution is 2.33. The van der Waals surface area contributed by atoms with E-state index in [2.05, 4.69) is 27.5 Å². The second-order valence-electron chi connectivity index (χ2n) is 7.11. The monoisotopic (exact) mass is 374 g/mol. The first-order valence-corrected chi connectivity index (χ1v) is 9.20. The van der Waals surface area contributed by atoms with Crippen LogP contribution >= 0.6 is 0 Å². The van der Waals surface area contributed by atoms with Gasteiger partial charge in [-0.2, -0.15) is 5.10 Å². The number of piperidine rings is 2. The van der Waals surface area contributed by atoms with Gasteiger partial charge in [-0.15, -0.1) is 0 Å². The van der Waals surface area contributed by atoms with Gasteiger partial charge in [0.05, 0.1) is 7.11 Å². The standard InChI is InChI=1S/C18H24N4O2.CH2O2/c1-22-12-5-3-6-13(22)10-11(9-12)19-18(23)17-14-7-4-8-15(24-2)16(14)20-21-17;2-1-3/h4,7-8,11-13H,3,5-6,9-10H2,1-2H3,(H,19,23)(H,20,21);1H,(H,2,3). The first kappa shape index (κ1) is 19.2. The molecule has 2 saturated heterocycles. The van der Waals surface area contributed by atoms with Crippen molar-refractivity contribution in [3.63, 3.8) is 0 Å². The number of nitrogens with one attached hydrogen (secondary N) is 2. The third-order valence-electron chi connectivity index (χ3n) is 5.67. The van der Waals surface area contributed by atoms with Gasteiger partial charge in [0.25, 0.3) is 12.4 Å². The minimum Gasteiger partial charge on any atom is -0.494 e. The molecule has 2 fully saturated rings. The van der Waals surface area contributed by atoms with E-state index in [-0.39, 0.29) is 18.4 Å². The van der Waals surface area contributed by atoms with E-state index in [4.69, 9.17) is 14.6 Å².